The number of fused-ring (bicyclic) bond motifs is 4. The maximum absolute atomic E-state index is 8.98. The lowest BCUT2D eigenvalue weighted by Crippen LogP contribution is -2.34. The number of para-hydroxylation sites is 2. The molecule has 10 aromatic rings. The molecule has 0 aliphatic carbocycles. The molecular formula is C64H64N4O. The van der Waals surface area contributed by atoms with Gasteiger partial charge < -0.3 is 4.74 Å². The molecule has 0 fully saturated rings. The molecule has 346 valence electrons. The van der Waals surface area contributed by atoms with Crippen LogP contribution in [0.25, 0.3) is 72.3 Å². The van der Waals surface area contributed by atoms with E-state index in [9.17, 15) is 0 Å². The quantitative estimate of drug-likeness (QED) is 0.118. The first-order chi connectivity index (χ1) is 34.8. The number of nitrogens with zero attached hydrogens (tertiary/aromatic N) is 4. The van der Waals surface area contributed by atoms with Gasteiger partial charge in [0, 0.05) is 23.0 Å². The fourth-order valence-electron chi connectivity index (χ4n) is 9.38. The van der Waals surface area contributed by atoms with Crippen molar-refractivity contribution in [2.45, 2.75) is 105 Å². The molecule has 0 unspecified atom stereocenters. The van der Waals surface area contributed by atoms with Crippen LogP contribution in [0.2, 0.25) is 0 Å². The monoisotopic (exact) mass is 910 g/mol. The molecule has 5 nitrogen and oxygen atoms in total. The summed E-state index contributed by atoms with van der Waals surface area (Å²) in [5.74, 6) is 2.09. The Kier molecular flexibility index (Phi) is 9.65. The molecule has 0 aliphatic rings. The number of hydrogen-bond donors (Lipinski definition) is 0. The second-order valence-corrected chi connectivity index (χ2v) is 22.5. The second kappa shape index (κ2) is 16.8. The fraction of sp³-hybridized carbons (Fsp3) is 0.250. The van der Waals surface area contributed by atoms with Crippen molar-refractivity contribution >= 4 is 32.8 Å². The van der Waals surface area contributed by atoms with Crippen molar-refractivity contribution in [1.82, 2.24) is 14.1 Å². The molecule has 0 saturated heterocycles. The number of hydrogen-bond acceptors (Lipinski definition) is 2. The van der Waals surface area contributed by atoms with Crippen molar-refractivity contribution in [2.24, 2.45) is 0 Å². The van der Waals surface area contributed by atoms with Crippen LogP contribution >= 0.6 is 0 Å². The van der Waals surface area contributed by atoms with Gasteiger partial charge in [-0.1, -0.05) is 186 Å². The van der Waals surface area contributed by atoms with Crippen LogP contribution in [0.5, 0.6) is 11.5 Å². The topological polar surface area (TPSA) is 35.9 Å². The Labute approximate surface area is 415 Å². The summed E-state index contributed by atoms with van der Waals surface area (Å²) < 4.78 is 56.6. The van der Waals surface area contributed by atoms with E-state index in [-0.39, 0.29) is 51.4 Å². The first-order valence-corrected chi connectivity index (χ1v) is 24.0. The molecule has 69 heavy (non-hydrogen) atoms. The zero-order chi connectivity index (χ0) is 53.0. The summed E-state index contributed by atoms with van der Waals surface area (Å²) in [5, 5.41) is 2.21. The summed E-state index contributed by atoms with van der Waals surface area (Å²) >= 11 is 0. The van der Waals surface area contributed by atoms with Gasteiger partial charge >= 0.3 is 0 Å². The highest BCUT2D eigenvalue weighted by molar-refractivity contribution is 6.09. The van der Waals surface area contributed by atoms with Gasteiger partial charge in [-0.15, -0.1) is 0 Å². The zero-order valence-electron chi connectivity index (χ0n) is 47.0. The highest BCUT2D eigenvalue weighted by Crippen LogP contribution is 2.41. The van der Waals surface area contributed by atoms with Crippen LogP contribution in [0.3, 0.4) is 0 Å². The van der Waals surface area contributed by atoms with Gasteiger partial charge in [0.1, 0.15) is 17.3 Å². The number of rotatable bonds is 7. The van der Waals surface area contributed by atoms with Crippen molar-refractivity contribution in [3.8, 4) is 50.9 Å². The number of pyridine rings is 1. The summed E-state index contributed by atoms with van der Waals surface area (Å²) in [6, 6.07) is 44.3. The smallest absolute Gasteiger partial charge is 0.269 e. The van der Waals surface area contributed by atoms with Crippen LogP contribution in [-0.2, 0) is 21.7 Å². The van der Waals surface area contributed by atoms with Gasteiger partial charge in [0.25, 0.3) is 6.33 Å². The Morgan fingerprint density at radius 1 is 0.522 bits per heavy atom. The standard InChI is InChI=1S/C64H64N4O/c1-61(2,3)45-32-33-65-59(38-45)68-55-27-17-16-24-52(55)53-30-29-50(40-57(53)68)69-49-23-18-22-48(39-49)66-41-67(56-31-28-43(36-58(56)66)42-20-14-13-15-21-42)60-51(25-19-26-54(60)64(10,11)12)44-34-46(62(4,5)6)37-47(35-44)63(7,8)9/h13-40H,1-12H3/i13D,14D,15D,20D,21D. The third-order valence-corrected chi connectivity index (χ3v) is 13.3. The maximum atomic E-state index is 8.98. The van der Waals surface area contributed by atoms with E-state index in [4.69, 9.17) is 16.6 Å². The molecule has 0 N–H and O–H groups in total. The van der Waals surface area contributed by atoms with Crippen molar-refractivity contribution in [2.75, 3.05) is 0 Å². The minimum absolute atomic E-state index is 0.0641. The van der Waals surface area contributed by atoms with E-state index in [1.807, 2.05) is 59.3 Å². The summed E-state index contributed by atoms with van der Waals surface area (Å²) in [4.78, 5) is 4.88. The van der Waals surface area contributed by atoms with Crippen LogP contribution in [0.4, 0.5) is 0 Å². The van der Waals surface area contributed by atoms with E-state index in [1.165, 1.54) is 16.7 Å². The third-order valence-electron chi connectivity index (χ3n) is 13.3. The molecule has 0 bridgehead atoms. The van der Waals surface area contributed by atoms with E-state index in [0.717, 1.165) is 66.7 Å². The van der Waals surface area contributed by atoms with Crippen LogP contribution in [-0.4, -0.2) is 14.1 Å². The van der Waals surface area contributed by atoms with E-state index >= 15 is 0 Å². The van der Waals surface area contributed by atoms with Crippen LogP contribution < -0.4 is 9.30 Å². The maximum Gasteiger partial charge on any atom is 0.269 e. The average Bonchev–Trinajstić information content (AvgIpc) is 3.89. The van der Waals surface area contributed by atoms with E-state index in [2.05, 4.69) is 183 Å². The Balaban J connectivity index is 1.18. The Bertz CT molecular complexity index is 3810. The molecule has 3 heterocycles. The van der Waals surface area contributed by atoms with Gasteiger partial charge in [-0.25, -0.2) is 4.98 Å². The van der Waals surface area contributed by atoms with E-state index in [0.29, 0.717) is 17.1 Å². The minimum Gasteiger partial charge on any atom is -0.458 e. The average molecular weight is 910 g/mol. The molecule has 10 rings (SSSR count). The second-order valence-electron chi connectivity index (χ2n) is 22.5. The molecule has 0 spiro atoms. The lowest BCUT2D eigenvalue weighted by Gasteiger charge is -2.29. The van der Waals surface area contributed by atoms with E-state index in [1.54, 1.807) is 0 Å². The SMILES string of the molecule is [2H]c1c([2H])c([2H])c(-c2ccc3c(c2)n(-c2cccc(Oc4ccc5c6ccccc6n(-c6cc(C(C)(C)C)ccn6)c5c4)c2)[c-][n+]3-c2c(-c3cc(C(C)(C)C)cc(C(C)(C)C)c3)cccc2C(C)(C)C)c([2H])c1[2H]. The largest absolute Gasteiger partial charge is 0.458 e. The first-order valence-electron chi connectivity index (χ1n) is 26.5. The predicted molar refractivity (Wildman–Crippen MR) is 288 cm³/mol. The molecule has 0 radical (unpaired) electrons. The van der Waals surface area contributed by atoms with Crippen LogP contribution in [0.1, 0.15) is 112 Å². The van der Waals surface area contributed by atoms with E-state index < -0.39 is 6.04 Å². The highest BCUT2D eigenvalue weighted by Gasteiger charge is 2.28. The predicted octanol–water partition coefficient (Wildman–Crippen LogP) is 16.5. The fourth-order valence-corrected chi connectivity index (χ4v) is 9.38. The summed E-state index contributed by atoms with van der Waals surface area (Å²) in [6.07, 6.45) is 5.70. The van der Waals surface area contributed by atoms with Gasteiger partial charge in [0.2, 0.25) is 0 Å². The van der Waals surface area contributed by atoms with Gasteiger partial charge in [0.15, 0.2) is 0 Å². The summed E-state index contributed by atoms with van der Waals surface area (Å²) in [6.45, 7) is 26.9. The number of aromatic nitrogens is 4. The van der Waals surface area contributed by atoms with Crippen molar-refractivity contribution < 1.29 is 16.2 Å². The molecule has 5 heteroatoms. The Morgan fingerprint density at radius 2 is 1.20 bits per heavy atom. The Morgan fingerprint density at radius 3 is 1.91 bits per heavy atom. The van der Waals surface area contributed by atoms with Crippen molar-refractivity contribution in [3.63, 3.8) is 0 Å². The van der Waals surface area contributed by atoms with Gasteiger partial charge in [0.05, 0.1) is 40.3 Å². The number of ether oxygens (including phenoxy) is 1. The first kappa shape index (κ1) is 39.7. The molecular weight excluding hydrogens is 841 g/mol. The van der Waals surface area contributed by atoms with Gasteiger partial charge in [-0.3, -0.25) is 13.7 Å². The number of benzene rings is 7. The molecule has 0 saturated carbocycles. The lowest BCUT2D eigenvalue weighted by atomic mass is 9.78. The van der Waals surface area contributed by atoms with Crippen molar-refractivity contribution in [3.05, 3.63) is 198 Å². The normalized spacial score (nSPS) is 13.7. The minimum atomic E-state index is -0.431. The number of imidazole rings is 1. The lowest BCUT2D eigenvalue weighted by molar-refractivity contribution is -0.572. The molecule has 7 aromatic carbocycles. The van der Waals surface area contributed by atoms with Crippen molar-refractivity contribution in [1.29, 1.82) is 0 Å². The Hall–Kier alpha value is -7.24. The van der Waals surface area contributed by atoms with Crippen LogP contribution in [0.15, 0.2) is 170 Å². The summed E-state index contributed by atoms with van der Waals surface area (Å²) in [5.41, 5.74) is 12.3. The van der Waals surface area contributed by atoms with Gasteiger partial charge in [-0.05, 0) is 121 Å². The zero-order valence-corrected chi connectivity index (χ0v) is 42.0. The molecule has 0 atom stereocenters. The molecule has 0 aliphatic heterocycles. The highest BCUT2D eigenvalue weighted by atomic mass is 16.5. The van der Waals surface area contributed by atoms with Gasteiger partial charge in [-0.2, -0.15) is 0 Å². The summed E-state index contributed by atoms with van der Waals surface area (Å²) in [7, 11) is 0. The van der Waals surface area contributed by atoms with Crippen LogP contribution in [0, 0.1) is 6.33 Å². The molecule has 0 amide bonds. The molecule has 3 aromatic heterocycles. The third kappa shape index (κ3) is 8.65.